The predicted octanol–water partition coefficient (Wildman–Crippen LogP) is 5.02. The minimum Gasteiger partial charge on any atom is -0.318 e. The normalized spacial score (nSPS) is 14.9. The van der Waals surface area contributed by atoms with Crippen LogP contribution < -0.4 is 0 Å². The van der Waals surface area contributed by atoms with Gasteiger partial charge in [0, 0.05) is 18.9 Å². The van der Waals surface area contributed by atoms with Gasteiger partial charge in [-0.3, -0.25) is 20.2 Å². The van der Waals surface area contributed by atoms with Crippen molar-refractivity contribution in [1.29, 1.82) is 0 Å². The number of hydrogen-bond acceptors (Lipinski definition) is 7. The smallest absolute Gasteiger partial charge is 0.318 e. The summed E-state index contributed by atoms with van der Waals surface area (Å²) < 4.78 is 0. The van der Waals surface area contributed by atoms with Crippen LogP contribution >= 0.6 is 0 Å². The van der Waals surface area contributed by atoms with Crippen molar-refractivity contribution >= 4 is 23.1 Å². The number of non-ortho nitro benzene ring substituents is 1. The molecule has 0 aromatic heterocycles. The first-order valence-corrected chi connectivity index (χ1v) is 9.66. The Bertz CT molecular complexity index is 994. The average Bonchev–Trinajstić information content (AvgIpc) is 2.74. The Kier molecular flexibility index (Phi) is 6.51. The molecular weight excluding hydrogens is 390 g/mol. The van der Waals surface area contributed by atoms with Gasteiger partial charge in [-0.2, -0.15) is 0 Å². The maximum Gasteiger partial charge on any atom is 0.331 e. The number of rotatable bonds is 6. The molecule has 0 bridgehead atoms. The first-order chi connectivity index (χ1) is 14.4. The van der Waals surface area contributed by atoms with Crippen molar-refractivity contribution in [3.63, 3.8) is 0 Å². The Morgan fingerprint density at radius 3 is 2.23 bits per heavy atom. The van der Waals surface area contributed by atoms with Crippen LogP contribution in [0.3, 0.4) is 0 Å². The fraction of sp³-hybridized carbons (Fsp3) is 0.333. The molecule has 0 amide bonds. The lowest BCUT2D eigenvalue weighted by Crippen LogP contribution is -2.19. The van der Waals surface area contributed by atoms with E-state index in [0.29, 0.717) is 11.3 Å². The van der Waals surface area contributed by atoms with Gasteiger partial charge in [0.05, 0.1) is 27.2 Å². The highest BCUT2D eigenvalue weighted by Gasteiger charge is 2.23. The highest BCUT2D eigenvalue weighted by Crippen LogP contribution is 2.34. The van der Waals surface area contributed by atoms with Gasteiger partial charge in [-0.1, -0.05) is 48.7 Å². The van der Waals surface area contributed by atoms with Crippen LogP contribution in [0.15, 0.2) is 47.6 Å². The number of carbonyl (C=O) groups excluding carboxylic acids is 1. The Balaban J connectivity index is 1.96. The van der Waals surface area contributed by atoms with Crippen molar-refractivity contribution in [2.75, 3.05) is 0 Å². The molecule has 1 fully saturated rings. The number of oxime groups is 1. The minimum absolute atomic E-state index is 0.178. The second kappa shape index (κ2) is 9.25. The zero-order chi connectivity index (χ0) is 21.7. The van der Waals surface area contributed by atoms with Crippen molar-refractivity contribution < 1.29 is 19.5 Å². The quantitative estimate of drug-likeness (QED) is 0.284. The van der Waals surface area contributed by atoms with Crippen LogP contribution in [-0.4, -0.2) is 21.5 Å². The zero-order valence-corrected chi connectivity index (χ0v) is 16.4. The van der Waals surface area contributed by atoms with Gasteiger partial charge >= 0.3 is 5.97 Å². The van der Waals surface area contributed by atoms with Gasteiger partial charge < -0.3 is 4.84 Å². The third-order valence-electron chi connectivity index (χ3n) is 5.14. The van der Waals surface area contributed by atoms with E-state index in [-0.39, 0.29) is 22.9 Å². The second-order valence-corrected chi connectivity index (χ2v) is 7.19. The molecule has 0 N–H and O–H groups in total. The van der Waals surface area contributed by atoms with E-state index in [1.54, 1.807) is 24.3 Å². The fourth-order valence-electron chi connectivity index (χ4n) is 3.70. The highest BCUT2D eigenvalue weighted by molar-refractivity contribution is 6.02. The monoisotopic (exact) mass is 411 g/mol. The number of nitro groups is 2. The van der Waals surface area contributed by atoms with Crippen LogP contribution in [0.2, 0.25) is 0 Å². The van der Waals surface area contributed by atoms with Crippen molar-refractivity contribution in [2.45, 2.75) is 39.0 Å². The molecule has 1 aliphatic carbocycles. The molecule has 0 radical (unpaired) electrons. The van der Waals surface area contributed by atoms with Crippen LogP contribution in [0.4, 0.5) is 11.4 Å². The standard InChI is InChI=1S/C21H21N3O6/c1-14(25)30-22-21(16-5-3-2-4-6-16)17-9-7-15(8-10-17)19-12-11-18(23(26)27)13-20(19)24(28)29/h7-13,16H,2-6H2,1H3/b22-21+. The van der Waals surface area contributed by atoms with Crippen LogP contribution in [0.5, 0.6) is 0 Å². The molecule has 2 aromatic carbocycles. The van der Waals surface area contributed by atoms with E-state index < -0.39 is 15.8 Å². The molecule has 156 valence electrons. The lowest BCUT2D eigenvalue weighted by Gasteiger charge is -2.23. The van der Waals surface area contributed by atoms with Gasteiger partial charge in [0.1, 0.15) is 0 Å². The van der Waals surface area contributed by atoms with Gasteiger partial charge in [0.2, 0.25) is 0 Å². The summed E-state index contributed by atoms with van der Waals surface area (Å²) in [4.78, 5) is 37.2. The van der Waals surface area contributed by atoms with Gasteiger partial charge in [-0.15, -0.1) is 0 Å². The SMILES string of the molecule is CC(=O)O/N=C(/c1ccc(-c2ccc([N+](=O)[O-])cc2[N+](=O)[O-])cc1)C1CCCCC1. The molecule has 0 saturated heterocycles. The molecule has 1 aliphatic rings. The van der Waals surface area contributed by atoms with E-state index in [1.807, 2.05) is 0 Å². The molecular formula is C21H21N3O6. The number of nitrogens with zero attached hydrogens (tertiary/aromatic N) is 3. The summed E-state index contributed by atoms with van der Waals surface area (Å²) in [5.41, 5.74) is 1.63. The molecule has 0 unspecified atom stereocenters. The molecule has 30 heavy (non-hydrogen) atoms. The van der Waals surface area contributed by atoms with E-state index in [2.05, 4.69) is 5.16 Å². The van der Waals surface area contributed by atoms with Gasteiger partial charge in [0.25, 0.3) is 11.4 Å². The van der Waals surface area contributed by atoms with Gasteiger partial charge in [0.15, 0.2) is 0 Å². The summed E-state index contributed by atoms with van der Waals surface area (Å²) >= 11 is 0. The summed E-state index contributed by atoms with van der Waals surface area (Å²) in [5, 5.41) is 26.4. The molecule has 0 aliphatic heterocycles. The number of hydrogen-bond donors (Lipinski definition) is 0. The zero-order valence-electron chi connectivity index (χ0n) is 16.4. The first-order valence-electron chi connectivity index (χ1n) is 9.66. The summed E-state index contributed by atoms with van der Waals surface area (Å²) in [6.07, 6.45) is 5.24. The first kappa shape index (κ1) is 21.1. The van der Waals surface area contributed by atoms with E-state index >= 15 is 0 Å². The molecule has 9 nitrogen and oxygen atoms in total. The molecule has 0 atom stereocenters. The summed E-state index contributed by atoms with van der Waals surface area (Å²) in [5.74, 6) is -0.320. The highest BCUT2D eigenvalue weighted by atomic mass is 16.7. The molecule has 0 heterocycles. The molecule has 3 rings (SSSR count). The van der Waals surface area contributed by atoms with E-state index in [0.717, 1.165) is 37.3 Å². The Morgan fingerprint density at radius 1 is 1.00 bits per heavy atom. The van der Waals surface area contributed by atoms with E-state index in [4.69, 9.17) is 4.84 Å². The van der Waals surface area contributed by atoms with Crippen molar-refractivity contribution in [3.05, 3.63) is 68.3 Å². The third kappa shape index (κ3) is 4.86. The summed E-state index contributed by atoms with van der Waals surface area (Å²) in [7, 11) is 0. The summed E-state index contributed by atoms with van der Waals surface area (Å²) in [6.45, 7) is 1.29. The van der Waals surface area contributed by atoms with Crippen LogP contribution in [0, 0.1) is 26.1 Å². The van der Waals surface area contributed by atoms with Gasteiger partial charge in [-0.25, -0.2) is 4.79 Å². The number of benzene rings is 2. The number of nitro benzene ring substituents is 2. The average molecular weight is 411 g/mol. The minimum atomic E-state index is -0.665. The fourth-order valence-corrected chi connectivity index (χ4v) is 3.70. The third-order valence-corrected chi connectivity index (χ3v) is 5.14. The Hall–Kier alpha value is -3.62. The number of carbonyl (C=O) groups is 1. The molecule has 0 spiro atoms. The summed E-state index contributed by atoms with van der Waals surface area (Å²) in [6, 6.07) is 10.5. The van der Waals surface area contributed by atoms with Crippen molar-refractivity contribution in [1.82, 2.24) is 0 Å². The van der Waals surface area contributed by atoms with E-state index in [9.17, 15) is 25.0 Å². The molecule has 2 aromatic rings. The maximum absolute atomic E-state index is 11.4. The lowest BCUT2D eigenvalue weighted by molar-refractivity contribution is -0.393. The van der Waals surface area contributed by atoms with Crippen molar-refractivity contribution in [2.24, 2.45) is 11.1 Å². The van der Waals surface area contributed by atoms with Crippen LogP contribution in [-0.2, 0) is 9.63 Å². The molecule has 9 heteroatoms. The maximum atomic E-state index is 11.4. The topological polar surface area (TPSA) is 125 Å². The Morgan fingerprint density at radius 2 is 1.67 bits per heavy atom. The van der Waals surface area contributed by atoms with Gasteiger partial charge in [-0.05, 0) is 30.0 Å². The largest absolute Gasteiger partial charge is 0.331 e. The van der Waals surface area contributed by atoms with Crippen LogP contribution in [0.25, 0.3) is 11.1 Å². The second-order valence-electron chi connectivity index (χ2n) is 7.19. The molecule has 1 saturated carbocycles. The Labute approximate surface area is 172 Å². The predicted molar refractivity (Wildman–Crippen MR) is 110 cm³/mol. The van der Waals surface area contributed by atoms with Crippen LogP contribution in [0.1, 0.15) is 44.6 Å². The lowest BCUT2D eigenvalue weighted by atomic mass is 9.83. The van der Waals surface area contributed by atoms with E-state index in [1.165, 1.54) is 25.5 Å². The van der Waals surface area contributed by atoms with Crippen molar-refractivity contribution in [3.8, 4) is 11.1 Å².